The first-order chi connectivity index (χ1) is 8.90. The van der Waals surface area contributed by atoms with Crippen molar-refractivity contribution in [3.8, 4) is 0 Å². The molecule has 0 bridgehead atoms. The predicted molar refractivity (Wildman–Crippen MR) is 54.3 cm³/mol. The molecule has 5 heteroatoms. The van der Waals surface area contributed by atoms with Crippen molar-refractivity contribution in [1.29, 1.82) is 0 Å². The first kappa shape index (κ1) is 5.55. The molecule has 0 amide bonds. The fraction of sp³-hybridized carbons (Fsp3) is 0. The fourth-order valence-corrected chi connectivity index (χ4v) is 1.24. The van der Waals surface area contributed by atoms with Crippen LogP contribution in [0.5, 0.6) is 0 Å². The molecule has 0 saturated heterocycles. The second-order valence-electron chi connectivity index (χ2n) is 2.71. The van der Waals surface area contributed by atoms with Gasteiger partial charge in [0, 0.05) is 22.7 Å². The summed E-state index contributed by atoms with van der Waals surface area (Å²) in [5.41, 5.74) is -0.739. The van der Waals surface area contributed by atoms with Crippen molar-refractivity contribution in [3.05, 3.63) is 35.9 Å². The SMILES string of the molecule is [2H]c1c([2H])c([2H])c2c(/C(=N\O)C(=O)O)c[nH]c2c1[2H]. The van der Waals surface area contributed by atoms with Gasteiger partial charge in [-0.25, -0.2) is 4.79 Å². The van der Waals surface area contributed by atoms with Crippen molar-refractivity contribution in [1.82, 2.24) is 4.98 Å². The standard InChI is InChI=1S/C10H8N2O3/c13-10(14)9(12-15)7-5-11-8-4-2-1-3-6(7)8/h1-5,11,15H,(H,13,14)/b12-9+/i1D,2D,3D,4D. The van der Waals surface area contributed by atoms with E-state index in [2.05, 4.69) is 10.1 Å². The summed E-state index contributed by atoms with van der Waals surface area (Å²) >= 11 is 0. The molecule has 15 heavy (non-hydrogen) atoms. The number of carboxylic acids is 1. The Morgan fingerprint density at radius 2 is 2.20 bits per heavy atom. The number of oxime groups is 1. The number of nitrogens with zero attached hydrogens (tertiary/aromatic N) is 1. The third kappa shape index (κ3) is 1.43. The van der Waals surface area contributed by atoms with E-state index in [-0.39, 0.29) is 22.5 Å². The molecule has 2 aromatic rings. The second kappa shape index (κ2) is 3.45. The quantitative estimate of drug-likeness (QED) is 0.396. The van der Waals surface area contributed by atoms with Crippen LogP contribution in [0.4, 0.5) is 0 Å². The highest BCUT2D eigenvalue weighted by atomic mass is 16.4. The number of aromatic amines is 1. The molecule has 1 aromatic heterocycles. The predicted octanol–water partition coefficient (Wildman–Crippen LogP) is 1.43. The number of H-pyrrole nitrogens is 1. The average Bonchev–Trinajstić information content (AvgIpc) is 2.79. The largest absolute Gasteiger partial charge is 0.476 e. The lowest BCUT2D eigenvalue weighted by Gasteiger charge is -1.96. The van der Waals surface area contributed by atoms with E-state index in [4.69, 9.17) is 15.8 Å². The lowest BCUT2D eigenvalue weighted by molar-refractivity contribution is -0.129. The topological polar surface area (TPSA) is 85.7 Å². The van der Waals surface area contributed by atoms with E-state index >= 15 is 0 Å². The Morgan fingerprint density at radius 3 is 2.87 bits per heavy atom. The molecule has 76 valence electrons. The van der Waals surface area contributed by atoms with E-state index in [1.165, 1.54) is 6.20 Å². The summed E-state index contributed by atoms with van der Waals surface area (Å²) < 4.78 is 30.5. The van der Waals surface area contributed by atoms with Gasteiger partial charge in [0.15, 0.2) is 5.71 Å². The van der Waals surface area contributed by atoms with Gasteiger partial charge in [-0.05, 0) is 6.04 Å². The molecule has 0 radical (unpaired) electrons. The van der Waals surface area contributed by atoms with Crippen molar-refractivity contribution in [2.24, 2.45) is 5.16 Å². The first-order valence-corrected chi connectivity index (χ1v) is 3.93. The molecule has 0 aliphatic carbocycles. The number of carbonyl (C=O) groups is 1. The Hall–Kier alpha value is -2.30. The number of nitrogens with one attached hydrogen (secondary N) is 1. The number of aromatic nitrogens is 1. The minimum Gasteiger partial charge on any atom is -0.476 e. The second-order valence-corrected chi connectivity index (χ2v) is 2.71. The number of hydrogen-bond acceptors (Lipinski definition) is 3. The summed E-state index contributed by atoms with van der Waals surface area (Å²) in [4.78, 5) is 13.5. The van der Waals surface area contributed by atoms with E-state index in [0.29, 0.717) is 0 Å². The molecular formula is C10H8N2O3. The number of para-hydroxylation sites is 1. The van der Waals surface area contributed by atoms with Gasteiger partial charge in [0.25, 0.3) is 0 Å². The van der Waals surface area contributed by atoms with Crippen LogP contribution in [0.15, 0.2) is 35.5 Å². The van der Waals surface area contributed by atoms with E-state index in [1.807, 2.05) is 0 Å². The minimum absolute atomic E-state index is 0.0267. The van der Waals surface area contributed by atoms with Crippen LogP contribution < -0.4 is 0 Å². The van der Waals surface area contributed by atoms with Crippen molar-refractivity contribution in [2.45, 2.75) is 0 Å². The van der Waals surface area contributed by atoms with Crippen molar-refractivity contribution in [3.63, 3.8) is 0 Å². The first-order valence-electron chi connectivity index (χ1n) is 5.93. The van der Waals surface area contributed by atoms with Crippen LogP contribution in [0.3, 0.4) is 0 Å². The zero-order valence-electron chi connectivity index (χ0n) is 11.3. The normalized spacial score (nSPS) is 15.6. The monoisotopic (exact) mass is 208 g/mol. The molecule has 0 spiro atoms. The summed E-state index contributed by atoms with van der Waals surface area (Å²) in [5.74, 6) is -1.50. The van der Waals surface area contributed by atoms with Crippen LogP contribution in [0.1, 0.15) is 11.0 Å². The number of rotatable bonds is 2. The Morgan fingerprint density at radius 1 is 1.47 bits per heavy atom. The van der Waals surface area contributed by atoms with Crippen LogP contribution in [0, 0.1) is 0 Å². The van der Waals surface area contributed by atoms with Crippen molar-refractivity contribution >= 4 is 22.6 Å². The molecule has 5 nitrogen and oxygen atoms in total. The van der Waals surface area contributed by atoms with Gasteiger partial charge in [-0.3, -0.25) is 0 Å². The third-order valence-corrected chi connectivity index (χ3v) is 1.88. The van der Waals surface area contributed by atoms with Crippen LogP contribution in [-0.2, 0) is 4.79 Å². The number of aliphatic carboxylic acids is 1. The molecule has 1 heterocycles. The maximum Gasteiger partial charge on any atom is 0.358 e. The summed E-state index contributed by atoms with van der Waals surface area (Å²) in [5, 5.41) is 20.2. The lowest BCUT2D eigenvalue weighted by Crippen LogP contribution is -2.13. The van der Waals surface area contributed by atoms with Gasteiger partial charge in [-0.1, -0.05) is 23.3 Å². The summed E-state index contributed by atoms with van der Waals surface area (Å²) in [7, 11) is 0. The molecule has 1 aromatic carbocycles. The lowest BCUT2D eigenvalue weighted by atomic mass is 10.1. The highest BCUT2D eigenvalue weighted by Crippen LogP contribution is 2.18. The zero-order valence-corrected chi connectivity index (χ0v) is 7.33. The summed E-state index contributed by atoms with van der Waals surface area (Å²) in [6.45, 7) is 0. The Balaban J connectivity index is 2.92. The molecule has 3 N–H and O–H groups in total. The molecular weight excluding hydrogens is 196 g/mol. The summed E-state index contributed by atoms with van der Waals surface area (Å²) in [6, 6.07) is -1.62. The van der Waals surface area contributed by atoms with Gasteiger partial charge in [-0.15, -0.1) is 0 Å². The van der Waals surface area contributed by atoms with Crippen LogP contribution in [-0.4, -0.2) is 27.0 Å². The van der Waals surface area contributed by atoms with E-state index in [1.54, 1.807) is 0 Å². The van der Waals surface area contributed by atoms with Crippen LogP contribution in [0.25, 0.3) is 10.9 Å². The maximum atomic E-state index is 10.9. The van der Waals surface area contributed by atoms with Gasteiger partial charge in [0.05, 0.1) is 5.48 Å². The zero-order chi connectivity index (χ0) is 14.3. The molecule has 0 aliphatic heterocycles. The van der Waals surface area contributed by atoms with E-state index in [9.17, 15) is 4.79 Å². The van der Waals surface area contributed by atoms with Crippen LogP contribution >= 0.6 is 0 Å². The fourth-order valence-electron chi connectivity index (χ4n) is 1.24. The van der Waals surface area contributed by atoms with Gasteiger partial charge in [0.2, 0.25) is 0 Å². The number of benzene rings is 1. The Bertz CT molecular complexity index is 723. The molecule has 0 unspecified atom stereocenters. The van der Waals surface area contributed by atoms with Crippen molar-refractivity contribution < 1.29 is 20.6 Å². The Labute approximate surface area is 90.3 Å². The van der Waals surface area contributed by atoms with E-state index < -0.39 is 29.8 Å². The highest BCUT2D eigenvalue weighted by molar-refractivity contribution is 6.44. The van der Waals surface area contributed by atoms with Gasteiger partial charge < -0.3 is 15.3 Å². The smallest absolute Gasteiger partial charge is 0.358 e. The number of carboxylic acid groups (broad SMARTS) is 1. The molecule has 2 rings (SSSR count). The third-order valence-electron chi connectivity index (χ3n) is 1.88. The average molecular weight is 208 g/mol. The molecule has 0 saturated carbocycles. The van der Waals surface area contributed by atoms with Crippen LogP contribution in [0.2, 0.25) is 0 Å². The minimum atomic E-state index is -1.50. The van der Waals surface area contributed by atoms with Gasteiger partial charge in [0.1, 0.15) is 0 Å². The number of hydrogen-bond donors (Lipinski definition) is 3. The number of fused-ring (bicyclic) bond motifs is 1. The van der Waals surface area contributed by atoms with E-state index in [0.717, 1.165) is 0 Å². The maximum absolute atomic E-state index is 10.9. The molecule has 0 atom stereocenters. The van der Waals surface area contributed by atoms with Gasteiger partial charge >= 0.3 is 5.97 Å². The molecule has 0 aliphatic rings. The Kier molecular flexibility index (Phi) is 1.28. The summed E-state index contributed by atoms with van der Waals surface area (Å²) in [6.07, 6.45) is 1.17. The highest BCUT2D eigenvalue weighted by Gasteiger charge is 2.16. The van der Waals surface area contributed by atoms with Crippen molar-refractivity contribution in [2.75, 3.05) is 0 Å². The molecule has 0 fully saturated rings. The van der Waals surface area contributed by atoms with Gasteiger partial charge in [-0.2, -0.15) is 0 Å².